The zero-order chi connectivity index (χ0) is 20.0. The number of halogens is 1. The minimum absolute atomic E-state index is 0.0362. The van der Waals surface area contributed by atoms with Crippen molar-refractivity contribution in [3.63, 3.8) is 0 Å². The van der Waals surface area contributed by atoms with Gasteiger partial charge in [0, 0.05) is 17.6 Å². The molecule has 0 saturated heterocycles. The third-order valence-electron chi connectivity index (χ3n) is 3.80. The highest BCUT2D eigenvalue weighted by atomic mass is 35.5. The van der Waals surface area contributed by atoms with Gasteiger partial charge in [0.15, 0.2) is 11.5 Å². The van der Waals surface area contributed by atoms with Gasteiger partial charge in [0.25, 0.3) is 0 Å². The molecule has 0 fully saturated rings. The van der Waals surface area contributed by atoms with E-state index >= 15 is 0 Å². The highest BCUT2D eigenvalue weighted by Crippen LogP contribution is 2.29. The molecule has 0 aliphatic heterocycles. The second-order valence-corrected chi connectivity index (χ2v) is 7.79. The van der Waals surface area contributed by atoms with Crippen molar-refractivity contribution in [2.24, 2.45) is 0 Å². The lowest BCUT2D eigenvalue weighted by Crippen LogP contribution is -2.44. The highest BCUT2D eigenvalue weighted by Gasteiger charge is 2.23. The largest absolute Gasteiger partial charge is 0.493 e. The third kappa shape index (κ3) is 5.35. The van der Waals surface area contributed by atoms with Crippen molar-refractivity contribution >= 4 is 27.5 Å². The molecule has 0 saturated carbocycles. The molecule has 2 N–H and O–H groups in total. The van der Waals surface area contributed by atoms with E-state index in [4.69, 9.17) is 21.1 Å². The van der Waals surface area contributed by atoms with E-state index in [1.807, 2.05) is 0 Å². The minimum atomic E-state index is -3.93. The molecule has 1 amide bonds. The van der Waals surface area contributed by atoms with E-state index in [9.17, 15) is 13.2 Å². The Hall–Kier alpha value is -2.29. The Morgan fingerprint density at radius 2 is 1.78 bits per heavy atom. The molecule has 0 radical (unpaired) electrons. The van der Waals surface area contributed by atoms with Crippen LogP contribution in [0.1, 0.15) is 12.5 Å². The Kier molecular flexibility index (Phi) is 7.06. The molecular formula is C18H21ClN2O5S. The van der Waals surface area contributed by atoms with E-state index in [0.29, 0.717) is 10.8 Å². The molecule has 2 rings (SSSR count). The molecule has 2 aromatic carbocycles. The van der Waals surface area contributed by atoms with Crippen molar-refractivity contribution in [1.82, 2.24) is 10.0 Å². The van der Waals surface area contributed by atoms with Gasteiger partial charge in [-0.3, -0.25) is 4.79 Å². The van der Waals surface area contributed by atoms with Crippen molar-refractivity contribution < 1.29 is 22.7 Å². The van der Waals surface area contributed by atoms with Gasteiger partial charge in [0.2, 0.25) is 15.9 Å². The normalized spacial score (nSPS) is 12.3. The number of amides is 1. The Balaban J connectivity index is 2.06. The number of carbonyl (C=O) groups excluding carboxylic acids is 1. The van der Waals surface area contributed by atoms with Gasteiger partial charge < -0.3 is 14.8 Å². The van der Waals surface area contributed by atoms with Gasteiger partial charge in [-0.05, 0) is 30.7 Å². The number of hydrogen-bond acceptors (Lipinski definition) is 5. The maximum atomic E-state index is 12.5. The van der Waals surface area contributed by atoms with Crippen LogP contribution in [0.3, 0.4) is 0 Å². The molecule has 2 aromatic rings. The summed E-state index contributed by atoms with van der Waals surface area (Å²) in [5.41, 5.74) is 0.738. The number of methoxy groups -OCH3 is 2. The predicted molar refractivity (Wildman–Crippen MR) is 103 cm³/mol. The predicted octanol–water partition coefficient (Wildman–Crippen LogP) is 2.34. The molecule has 0 aliphatic carbocycles. The fourth-order valence-corrected chi connectivity index (χ4v) is 3.74. The zero-order valence-electron chi connectivity index (χ0n) is 15.2. The van der Waals surface area contributed by atoms with Crippen LogP contribution in [0.2, 0.25) is 5.02 Å². The number of hydrogen-bond donors (Lipinski definition) is 2. The van der Waals surface area contributed by atoms with E-state index in [1.54, 1.807) is 24.3 Å². The Morgan fingerprint density at radius 1 is 1.11 bits per heavy atom. The summed E-state index contributed by atoms with van der Waals surface area (Å²) in [7, 11) is -1.06. The average molecular weight is 413 g/mol. The molecule has 0 aromatic heterocycles. The second kappa shape index (κ2) is 9.07. The van der Waals surface area contributed by atoms with Gasteiger partial charge in [-0.25, -0.2) is 8.42 Å². The summed E-state index contributed by atoms with van der Waals surface area (Å²) in [5, 5.41) is 3.18. The van der Waals surface area contributed by atoms with Gasteiger partial charge in [0.05, 0.1) is 25.2 Å². The van der Waals surface area contributed by atoms with Crippen molar-refractivity contribution in [3.05, 3.63) is 53.1 Å². The smallest absolute Gasteiger partial charge is 0.241 e. The van der Waals surface area contributed by atoms with Gasteiger partial charge in [-0.2, -0.15) is 4.72 Å². The number of carbonyl (C=O) groups is 1. The van der Waals surface area contributed by atoms with Crippen molar-refractivity contribution in [2.45, 2.75) is 24.4 Å². The van der Waals surface area contributed by atoms with Crippen LogP contribution in [0, 0.1) is 0 Å². The first-order valence-corrected chi connectivity index (χ1v) is 9.90. The molecule has 0 spiro atoms. The Bertz CT molecular complexity index is 918. The van der Waals surface area contributed by atoms with E-state index in [-0.39, 0.29) is 17.2 Å². The molecule has 7 nitrogen and oxygen atoms in total. The summed E-state index contributed by atoms with van der Waals surface area (Å²) < 4.78 is 37.6. The maximum Gasteiger partial charge on any atom is 0.241 e. The number of nitrogens with one attached hydrogen (secondary N) is 2. The maximum absolute atomic E-state index is 12.5. The summed E-state index contributed by atoms with van der Waals surface area (Å²) in [4.78, 5) is 12.2. The first kappa shape index (κ1) is 21.0. The standard InChI is InChI=1S/C18H21ClN2O5S/c1-12(18(22)20-11-13-6-4-5-7-15(13)19)21-27(23,24)14-8-9-16(25-2)17(10-14)26-3/h4-10,12,21H,11H2,1-3H3,(H,20,22). The van der Waals surface area contributed by atoms with Crippen molar-refractivity contribution in [1.29, 1.82) is 0 Å². The summed E-state index contributed by atoms with van der Waals surface area (Å²) in [6.07, 6.45) is 0. The van der Waals surface area contributed by atoms with E-state index in [2.05, 4.69) is 10.0 Å². The summed E-state index contributed by atoms with van der Waals surface area (Å²) >= 11 is 6.04. The van der Waals surface area contributed by atoms with Crippen LogP contribution < -0.4 is 19.5 Å². The highest BCUT2D eigenvalue weighted by molar-refractivity contribution is 7.89. The molecule has 0 bridgehead atoms. The van der Waals surface area contributed by atoms with Crippen LogP contribution in [0.25, 0.3) is 0 Å². The van der Waals surface area contributed by atoms with Crippen LogP contribution in [-0.4, -0.2) is 34.6 Å². The quantitative estimate of drug-likeness (QED) is 0.694. The van der Waals surface area contributed by atoms with Crippen molar-refractivity contribution in [3.8, 4) is 11.5 Å². The lowest BCUT2D eigenvalue weighted by atomic mass is 10.2. The van der Waals surface area contributed by atoms with Crippen LogP contribution in [0.4, 0.5) is 0 Å². The monoisotopic (exact) mass is 412 g/mol. The fraction of sp³-hybridized carbons (Fsp3) is 0.278. The minimum Gasteiger partial charge on any atom is -0.493 e. The molecule has 1 atom stereocenters. The second-order valence-electron chi connectivity index (χ2n) is 5.67. The summed E-state index contributed by atoms with van der Waals surface area (Å²) in [5.74, 6) is 0.206. The van der Waals surface area contributed by atoms with E-state index < -0.39 is 22.0 Å². The van der Waals surface area contributed by atoms with Gasteiger partial charge in [-0.1, -0.05) is 29.8 Å². The molecule has 27 heavy (non-hydrogen) atoms. The molecule has 1 unspecified atom stereocenters. The summed E-state index contributed by atoms with van der Waals surface area (Å²) in [6.45, 7) is 1.65. The summed E-state index contributed by atoms with van der Waals surface area (Å²) in [6, 6.07) is 10.3. The lowest BCUT2D eigenvalue weighted by Gasteiger charge is -2.16. The molecular weight excluding hydrogens is 392 g/mol. The molecule has 0 heterocycles. The van der Waals surface area contributed by atoms with E-state index in [1.165, 1.54) is 39.3 Å². The first-order chi connectivity index (χ1) is 12.8. The molecule has 0 aliphatic rings. The molecule has 146 valence electrons. The fourth-order valence-electron chi connectivity index (χ4n) is 2.32. The van der Waals surface area contributed by atoms with Gasteiger partial charge in [0.1, 0.15) is 0 Å². The topological polar surface area (TPSA) is 93.7 Å². The third-order valence-corrected chi connectivity index (χ3v) is 5.71. The zero-order valence-corrected chi connectivity index (χ0v) is 16.7. The average Bonchev–Trinajstić information content (AvgIpc) is 2.66. The van der Waals surface area contributed by atoms with Crippen LogP contribution in [0.5, 0.6) is 11.5 Å². The number of ether oxygens (including phenoxy) is 2. The Labute approximate surface area is 163 Å². The number of rotatable bonds is 8. The lowest BCUT2D eigenvalue weighted by molar-refractivity contribution is -0.122. The van der Waals surface area contributed by atoms with Crippen molar-refractivity contribution in [2.75, 3.05) is 14.2 Å². The first-order valence-electron chi connectivity index (χ1n) is 8.04. The van der Waals surface area contributed by atoms with Crippen LogP contribution >= 0.6 is 11.6 Å². The SMILES string of the molecule is COc1ccc(S(=O)(=O)NC(C)C(=O)NCc2ccccc2Cl)cc1OC. The van der Waals surface area contributed by atoms with Crippen LogP contribution in [0.15, 0.2) is 47.4 Å². The van der Waals surface area contributed by atoms with E-state index in [0.717, 1.165) is 5.56 Å². The molecule has 9 heteroatoms. The van der Waals surface area contributed by atoms with Gasteiger partial charge in [-0.15, -0.1) is 0 Å². The Morgan fingerprint density at radius 3 is 2.41 bits per heavy atom. The van der Waals surface area contributed by atoms with Crippen LogP contribution in [-0.2, 0) is 21.4 Å². The van der Waals surface area contributed by atoms with Gasteiger partial charge >= 0.3 is 0 Å². The number of benzene rings is 2. The number of sulfonamides is 1.